The van der Waals surface area contributed by atoms with Crippen LogP contribution < -0.4 is 11.1 Å². The van der Waals surface area contributed by atoms with E-state index in [4.69, 9.17) is 10.5 Å². The van der Waals surface area contributed by atoms with Crippen molar-refractivity contribution in [3.05, 3.63) is 65.7 Å². The number of hydrogen-bond acceptors (Lipinski definition) is 3. The van der Waals surface area contributed by atoms with Crippen LogP contribution in [0.3, 0.4) is 0 Å². The van der Waals surface area contributed by atoms with Gasteiger partial charge >= 0.3 is 0 Å². The molecule has 0 spiro atoms. The van der Waals surface area contributed by atoms with E-state index in [1.807, 2.05) is 61.5 Å². The number of carbonyl (C=O) groups excluding carboxylic acids is 1. The van der Waals surface area contributed by atoms with Crippen molar-refractivity contribution in [1.29, 1.82) is 0 Å². The average molecular weight is 298 g/mol. The van der Waals surface area contributed by atoms with Crippen molar-refractivity contribution >= 4 is 11.6 Å². The van der Waals surface area contributed by atoms with Crippen LogP contribution in [0.1, 0.15) is 36.6 Å². The number of hydrogen-bond donors (Lipinski definition) is 2. The molecule has 0 saturated carbocycles. The van der Waals surface area contributed by atoms with E-state index in [-0.39, 0.29) is 24.5 Å². The lowest BCUT2D eigenvalue weighted by Gasteiger charge is -2.14. The monoisotopic (exact) mass is 298 g/mol. The van der Waals surface area contributed by atoms with Gasteiger partial charge in [0, 0.05) is 25.3 Å². The molecule has 2 aromatic rings. The van der Waals surface area contributed by atoms with Crippen LogP contribution in [0.25, 0.3) is 0 Å². The summed E-state index contributed by atoms with van der Waals surface area (Å²) in [6.45, 7) is 1.96. The highest BCUT2D eigenvalue weighted by Gasteiger charge is 2.12. The number of amides is 1. The van der Waals surface area contributed by atoms with E-state index >= 15 is 0 Å². The number of nitrogens with two attached hydrogens (primary N) is 1. The van der Waals surface area contributed by atoms with Gasteiger partial charge in [-0.05, 0) is 30.2 Å². The summed E-state index contributed by atoms with van der Waals surface area (Å²) >= 11 is 0. The van der Waals surface area contributed by atoms with Gasteiger partial charge in [-0.1, -0.05) is 42.5 Å². The molecule has 0 aromatic heterocycles. The summed E-state index contributed by atoms with van der Waals surface area (Å²) in [6.07, 6.45) is 0.233. The zero-order valence-electron chi connectivity index (χ0n) is 13.0. The summed E-state index contributed by atoms with van der Waals surface area (Å²) in [6, 6.07) is 17.0. The van der Waals surface area contributed by atoms with Crippen molar-refractivity contribution in [2.75, 3.05) is 12.4 Å². The fourth-order valence-electron chi connectivity index (χ4n) is 2.24. The molecule has 3 N–H and O–H groups in total. The summed E-state index contributed by atoms with van der Waals surface area (Å²) in [5.74, 6) is -0.0985. The minimum atomic E-state index is -0.303. The zero-order valence-corrected chi connectivity index (χ0v) is 13.0. The lowest BCUT2D eigenvalue weighted by atomic mass is 10.0. The van der Waals surface area contributed by atoms with E-state index in [2.05, 4.69) is 5.32 Å². The van der Waals surface area contributed by atoms with Gasteiger partial charge in [-0.3, -0.25) is 4.79 Å². The van der Waals surface area contributed by atoms with Gasteiger partial charge < -0.3 is 15.8 Å². The fraction of sp³-hybridized carbons (Fsp3) is 0.278. The van der Waals surface area contributed by atoms with Crippen LogP contribution in [0.2, 0.25) is 0 Å². The third-order valence-corrected chi connectivity index (χ3v) is 3.63. The Morgan fingerprint density at radius 1 is 1.14 bits per heavy atom. The molecule has 0 aliphatic heterocycles. The molecule has 2 aromatic carbocycles. The molecule has 0 fully saturated rings. The van der Waals surface area contributed by atoms with Crippen LogP contribution in [0, 0.1) is 0 Å². The van der Waals surface area contributed by atoms with Crippen molar-refractivity contribution in [2.24, 2.45) is 5.73 Å². The Labute approximate surface area is 131 Å². The maximum absolute atomic E-state index is 12.1. The van der Waals surface area contributed by atoms with Gasteiger partial charge in [-0.15, -0.1) is 0 Å². The van der Waals surface area contributed by atoms with Crippen LogP contribution >= 0.6 is 0 Å². The molecule has 0 radical (unpaired) electrons. The molecule has 116 valence electrons. The second-order valence-corrected chi connectivity index (χ2v) is 5.27. The van der Waals surface area contributed by atoms with E-state index in [1.165, 1.54) is 0 Å². The van der Waals surface area contributed by atoms with Gasteiger partial charge in [0.1, 0.15) is 0 Å². The van der Waals surface area contributed by atoms with Crippen LogP contribution in [0.15, 0.2) is 54.6 Å². The van der Waals surface area contributed by atoms with Gasteiger partial charge in [0.05, 0.1) is 6.10 Å². The Kier molecular flexibility index (Phi) is 5.69. The van der Waals surface area contributed by atoms with Crippen LogP contribution in [0.5, 0.6) is 0 Å². The van der Waals surface area contributed by atoms with E-state index < -0.39 is 0 Å². The molecular formula is C18H22N2O2. The van der Waals surface area contributed by atoms with E-state index in [1.54, 1.807) is 7.11 Å². The Hall–Kier alpha value is -2.17. The number of ether oxygens (including phenoxy) is 1. The molecule has 0 heterocycles. The molecule has 0 aliphatic rings. The summed E-state index contributed by atoms with van der Waals surface area (Å²) in [5.41, 5.74) is 8.80. The normalized spacial score (nSPS) is 13.4. The molecule has 2 unspecified atom stereocenters. The van der Waals surface area contributed by atoms with E-state index in [9.17, 15) is 4.79 Å². The molecule has 0 aliphatic carbocycles. The molecular weight excluding hydrogens is 276 g/mol. The van der Waals surface area contributed by atoms with Gasteiger partial charge in [0.25, 0.3) is 0 Å². The molecule has 4 heteroatoms. The highest BCUT2D eigenvalue weighted by Crippen LogP contribution is 2.20. The Morgan fingerprint density at radius 2 is 1.82 bits per heavy atom. The Morgan fingerprint density at radius 3 is 2.50 bits per heavy atom. The number of methoxy groups -OCH3 is 1. The van der Waals surface area contributed by atoms with E-state index in [0.29, 0.717) is 0 Å². The third kappa shape index (κ3) is 4.41. The number of nitrogens with one attached hydrogen (secondary N) is 1. The second kappa shape index (κ2) is 7.73. The molecule has 2 rings (SSSR count). The highest BCUT2D eigenvalue weighted by atomic mass is 16.5. The first kappa shape index (κ1) is 16.2. The van der Waals surface area contributed by atoms with Gasteiger partial charge in [-0.2, -0.15) is 0 Å². The molecule has 4 nitrogen and oxygen atoms in total. The first-order valence-electron chi connectivity index (χ1n) is 7.33. The predicted octanol–water partition coefficient (Wildman–Crippen LogP) is 3.42. The minimum Gasteiger partial charge on any atom is -0.377 e. The van der Waals surface area contributed by atoms with Gasteiger partial charge in [0.2, 0.25) is 5.91 Å². The topological polar surface area (TPSA) is 64.3 Å². The molecule has 1 amide bonds. The lowest BCUT2D eigenvalue weighted by Crippen LogP contribution is -2.20. The molecule has 2 atom stereocenters. The fourth-order valence-corrected chi connectivity index (χ4v) is 2.24. The van der Waals surface area contributed by atoms with Crippen LogP contribution in [0.4, 0.5) is 5.69 Å². The summed E-state index contributed by atoms with van der Waals surface area (Å²) < 4.78 is 5.29. The Balaban J connectivity index is 1.97. The molecule has 22 heavy (non-hydrogen) atoms. The summed E-state index contributed by atoms with van der Waals surface area (Å²) in [7, 11) is 1.66. The first-order valence-corrected chi connectivity index (χ1v) is 7.33. The predicted molar refractivity (Wildman–Crippen MR) is 88.5 cm³/mol. The number of rotatable bonds is 6. The van der Waals surface area contributed by atoms with E-state index in [0.717, 1.165) is 16.8 Å². The van der Waals surface area contributed by atoms with Crippen molar-refractivity contribution in [3.8, 4) is 0 Å². The van der Waals surface area contributed by atoms with Crippen molar-refractivity contribution in [3.63, 3.8) is 0 Å². The SMILES string of the molecule is COC(C)c1cccc(NC(=O)CC(N)c2ccccc2)c1. The average Bonchev–Trinajstić information content (AvgIpc) is 2.55. The van der Waals surface area contributed by atoms with Crippen molar-refractivity contribution in [1.82, 2.24) is 0 Å². The maximum atomic E-state index is 12.1. The number of benzene rings is 2. The lowest BCUT2D eigenvalue weighted by molar-refractivity contribution is -0.116. The zero-order chi connectivity index (χ0) is 15.9. The highest BCUT2D eigenvalue weighted by molar-refractivity contribution is 5.91. The van der Waals surface area contributed by atoms with Crippen LogP contribution in [-0.2, 0) is 9.53 Å². The molecule has 0 saturated heterocycles. The Bertz CT molecular complexity index is 613. The van der Waals surface area contributed by atoms with Gasteiger partial charge in [-0.25, -0.2) is 0 Å². The summed E-state index contributed by atoms with van der Waals surface area (Å²) in [4.78, 5) is 12.1. The standard InChI is InChI=1S/C18H22N2O2/c1-13(22-2)15-9-6-10-16(11-15)20-18(21)12-17(19)14-7-4-3-5-8-14/h3-11,13,17H,12,19H2,1-2H3,(H,20,21). The van der Waals surface area contributed by atoms with Crippen molar-refractivity contribution < 1.29 is 9.53 Å². The van der Waals surface area contributed by atoms with Gasteiger partial charge in [0.15, 0.2) is 0 Å². The largest absolute Gasteiger partial charge is 0.377 e. The third-order valence-electron chi connectivity index (χ3n) is 3.63. The molecule has 0 bridgehead atoms. The second-order valence-electron chi connectivity index (χ2n) is 5.27. The van der Waals surface area contributed by atoms with Crippen LogP contribution in [-0.4, -0.2) is 13.0 Å². The first-order chi connectivity index (χ1) is 10.6. The number of anilines is 1. The number of carbonyl (C=O) groups is 1. The maximum Gasteiger partial charge on any atom is 0.226 e. The quantitative estimate of drug-likeness (QED) is 0.859. The smallest absolute Gasteiger partial charge is 0.226 e. The van der Waals surface area contributed by atoms with Crippen molar-refractivity contribution in [2.45, 2.75) is 25.5 Å². The summed E-state index contributed by atoms with van der Waals surface area (Å²) in [5, 5.41) is 2.89. The minimum absolute atomic E-state index is 0.0107.